The van der Waals surface area contributed by atoms with Gasteiger partial charge in [-0.25, -0.2) is 9.97 Å². The molecule has 1 aliphatic rings. The second-order valence-corrected chi connectivity index (χ2v) is 6.39. The van der Waals surface area contributed by atoms with Crippen LogP contribution >= 0.6 is 11.3 Å². The van der Waals surface area contributed by atoms with E-state index in [1.807, 2.05) is 5.38 Å². The fourth-order valence-electron chi connectivity index (χ4n) is 2.58. The van der Waals surface area contributed by atoms with Gasteiger partial charge in [0.05, 0.1) is 5.56 Å². The average Bonchev–Trinajstić information content (AvgIpc) is 3.08. The van der Waals surface area contributed by atoms with Gasteiger partial charge in [-0.1, -0.05) is 19.3 Å². The van der Waals surface area contributed by atoms with Crippen LogP contribution in [0.2, 0.25) is 0 Å². The minimum Gasteiger partial charge on any atom is -0.470 e. The highest BCUT2D eigenvalue weighted by Gasteiger charge is 2.16. The number of ether oxygens (including phenoxy) is 1. The van der Waals surface area contributed by atoms with E-state index in [4.69, 9.17) is 4.74 Å². The molecule has 116 valence electrons. The zero-order valence-corrected chi connectivity index (χ0v) is 13.1. The molecule has 0 unspecified atom stereocenters. The van der Waals surface area contributed by atoms with E-state index in [9.17, 15) is 4.79 Å². The van der Waals surface area contributed by atoms with Gasteiger partial charge in [0.2, 0.25) is 5.88 Å². The summed E-state index contributed by atoms with van der Waals surface area (Å²) in [5.41, 5.74) is 0.576. The van der Waals surface area contributed by atoms with Crippen molar-refractivity contribution in [1.29, 1.82) is 0 Å². The Hall–Kier alpha value is -1.95. The molecular weight excluding hydrogens is 298 g/mol. The molecule has 0 radical (unpaired) electrons. The third-order valence-corrected chi connectivity index (χ3v) is 4.52. The Bertz CT molecular complexity index is 592. The van der Waals surface area contributed by atoms with Gasteiger partial charge < -0.3 is 10.1 Å². The van der Waals surface area contributed by atoms with Crippen LogP contribution in [-0.2, 0) is 6.61 Å². The van der Waals surface area contributed by atoms with Crippen LogP contribution < -0.4 is 10.1 Å². The van der Waals surface area contributed by atoms with E-state index in [0.717, 1.165) is 17.8 Å². The molecule has 22 heavy (non-hydrogen) atoms. The number of thiazole rings is 1. The number of nitrogens with zero attached hydrogens (tertiary/aromatic N) is 2. The van der Waals surface area contributed by atoms with Gasteiger partial charge in [-0.05, 0) is 18.9 Å². The SMILES string of the molecule is O=C(NC1CCCCC1)c1ccc(OCc2nccs2)nc1. The number of aromatic nitrogens is 2. The van der Waals surface area contributed by atoms with E-state index in [2.05, 4.69) is 15.3 Å². The Balaban J connectivity index is 1.52. The summed E-state index contributed by atoms with van der Waals surface area (Å²) in [5, 5.41) is 5.89. The van der Waals surface area contributed by atoms with Crippen molar-refractivity contribution in [2.45, 2.75) is 44.8 Å². The van der Waals surface area contributed by atoms with Crippen LogP contribution in [0.5, 0.6) is 5.88 Å². The fourth-order valence-corrected chi connectivity index (χ4v) is 3.10. The molecule has 1 N–H and O–H groups in total. The van der Waals surface area contributed by atoms with Crippen LogP contribution in [0.4, 0.5) is 0 Å². The first-order chi connectivity index (χ1) is 10.8. The molecule has 0 spiro atoms. The Morgan fingerprint density at radius 2 is 2.14 bits per heavy atom. The zero-order valence-electron chi connectivity index (χ0n) is 12.3. The number of carbonyl (C=O) groups is 1. The minimum absolute atomic E-state index is 0.0501. The topological polar surface area (TPSA) is 64.1 Å². The molecule has 2 heterocycles. The molecule has 2 aromatic rings. The van der Waals surface area contributed by atoms with Crippen molar-refractivity contribution >= 4 is 17.2 Å². The second-order valence-electron chi connectivity index (χ2n) is 5.41. The predicted molar refractivity (Wildman–Crippen MR) is 85.0 cm³/mol. The summed E-state index contributed by atoms with van der Waals surface area (Å²) < 4.78 is 5.54. The van der Waals surface area contributed by atoms with Gasteiger partial charge in [0.1, 0.15) is 11.6 Å². The van der Waals surface area contributed by atoms with E-state index < -0.39 is 0 Å². The molecule has 1 fully saturated rings. The number of pyridine rings is 1. The number of carbonyl (C=O) groups excluding carboxylic acids is 1. The van der Waals surface area contributed by atoms with Crippen molar-refractivity contribution in [2.24, 2.45) is 0 Å². The highest BCUT2D eigenvalue weighted by molar-refractivity contribution is 7.09. The van der Waals surface area contributed by atoms with Gasteiger partial charge in [-0.2, -0.15) is 0 Å². The quantitative estimate of drug-likeness (QED) is 0.920. The zero-order chi connectivity index (χ0) is 15.2. The van der Waals surface area contributed by atoms with Gasteiger partial charge in [-0.15, -0.1) is 11.3 Å². The molecule has 1 saturated carbocycles. The van der Waals surface area contributed by atoms with Crippen LogP contribution in [-0.4, -0.2) is 21.9 Å². The fraction of sp³-hybridized carbons (Fsp3) is 0.438. The highest BCUT2D eigenvalue weighted by Crippen LogP contribution is 2.18. The molecule has 2 aromatic heterocycles. The van der Waals surface area contributed by atoms with Crippen molar-refractivity contribution < 1.29 is 9.53 Å². The molecule has 3 rings (SSSR count). The highest BCUT2D eigenvalue weighted by atomic mass is 32.1. The van der Waals surface area contributed by atoms with E-state index in [1.165, 1.54) is 19.3 Å². The summed E-state index contributed by atoms with van der Waals surface area (Å²) in [4.78, 5) is 20.5. The summed E-state index contributed by atoms with van der Waals surface area (Å²) in [5.74, 6) is 0.454. The molecule has 0 aromatic carbocycles. The molecule has 0 aliphatic heterocycles. The Labute approximate surface area is 133 Å². The van der Waals surface area contributed by atoms with Crippen molar-refractivity contribution in [3.63, 3.8) is 0 Å². The molecule has 0 bridgehead atoms. The van der Waals surface area contributed by atoms with Gasteiger partial charge in [0.25, 0.3) is 5.91 Å². The summed E-state index contributed by atoms with van der Waals surface area (Å²) in [6, 6.07) is 3.79. The number of amides is 1. The summed E-state index contributed by atoms with van der Waals surface area (Å²) >= 11 is 1.54. The Morgan fingerprint density at radius 3 is 2.82 bits per heavy atom. The number of rotatable bonds is 5. The normalized spacial score (nSPS) is 15.5. The van der Waals surface area contributed by atoms with Crippen LogP contribution in [0.3, 0.4) is 0 Å². The number of nitrogens with one attached hydrogen (secondary N) is 1. The van der Waals surface area contributed by atoms with Crippen LogP contribution in [0.15, 0.2) is 29.9 Å². The van der Waals surface area contributed by atoms with Crippen LogP contribution in [0.1, 0.15) is 47.5 Å². The van der Waals surface area contributed by atoms with Crippen molar-refractivity contribution in [3.8, 4) is 5.88 Å². The lowest BCUT2D eigenvalue weighted by atomic mass is 9.95. The molecule has 6 heteroatoms. The van der Waals surface area contributed by atoms with Gasteiger partial charge in [0, 0.05) is 29.9 Å². The lowest BCUT2D eigenvalue weighted by Crippen LogP contribution is -2.36. The Morgan fingerprint density at radius 1 is 1.27 bits per heavy atom. The van der Waals surface area contributed by atoms with Crippen molar-refractivity contribution in [3.05, 3.63) is 40.5 Å². The van der Waals surface area contributed by atoms with Gasteiger partial charge in [0.15, 0.2) is 0 Å². The maximum Gasteiger partial charge on any atom is 0.253 e. The lowest BCUT2D eigenvalue weighted by molar-refractivity contribution is 0.0927. The first-order valence-electron chi connectivity index (χ1n) is 7.59. The average molecular weight is 317 g/mol. The third kappa shape index (κ3) is 4.04. The summed E-state index contributed by atoms with van der Waals surface area (Å²) in [6.45, 7) is 0.401. The summed E-state index contributed by atoms with van der Waals surface area (Å²) in [7, 11) is 0. The molecule has 0 saturated heterocycles. The predicted octanol–water partition coefficient (Wildman–Crippen LogP) is 3.18. The molecule has 0 atom stereocenters. The monoisotopic (exact) mass is 317 g/mol. The number of hydrogen-bond donors (Lipinski definition) is 1. The third-order valence-electron chi connectivity index (χ3n) is 3.77. The van der Waals surface area contributed by atoms with Crippen molar-refractivity contribution in [1.82, 2.24) is 15.3 Å². The molecule has 1 aliphatic carbocycles. The van der Waals surface area contributed by atoms with Crippen LogP contribution in [0.25, 0.3) is 0 Å². The smallest absolute Gasteiger partial charge is 0.253 e. The standard InChI is InChI=1S/C16H19N3O2S/c20-16(19-13-4-2-1-3-5-13)12-6-7-14(18-10-12)21-11-15-17-8-9-22-15/h6-10,13H,1-5,11H2,(H,19,20). The molecule has 5 nitrogen and oxygen atoms in total. The molecular formula is C16H19N3O2S. The second kappa shape index (κ2) is 7.35. The number of hydrogen-bond acceptors (Lipinski definition) is 5. The Kier molecular flexibility index (Phi) is 5.00. The lowest BCUT2D eigenvalue weighted by Gasteiger charge is -2.22. The van der Waals surface area contributed by atoms with Crippen molar-refractivity contribution in [2.75, 3.05) is 0 Å². The van der Waals surface area contributed by atoms with E-state index in [1.54, 1.807) is 35.9 Å². The molecule has 1 amide bonds. The van der Waals surface area contributed by atoms with E-state index in [0.29, 0.717) is 24.1 Å². The first kappa shape index (κ1) is 15.0. The maximum absolute atomic E-state index is 12.2. The maximum atomic E-state index is 12.2. The summed E-state index contributed by atoms with van der Waals surface area (Å²) in [6.07, 6.45) is 9.14. The van der Waals surface area contributed by atoms with Crippen LogP contribution in [0, 0.1) is 0 Å². The largest absolute Gasteiger partial charge is 0.470 e. The van der Waals surface area contributed by atoms with E-state index in [-0.39, 0.29) is 5.91 Å². The van der Waals surface area contributed by atoms with Gasteiger partial charge in [-0.3, -0.25) is 4.79 Å². The van der Waals surface area contributed by atoms with E-state index >= 15 is 0 Å². The van der Waals surface area contributed by atoms with Gasteiger partial charge >= 0.3 is 0 Å². The minimum atomic E-state index is -0.0501. The first-order valence-corrected chi connectivity index (χ1v) is 8.47.